The molecule has 0 aliphatic carbocycles. The third-order valence-corrected chi connectivity index (χ3v) is 4.68. The maximum Gasteiger partial charge on any atom is 0.257 e. The second-order valence-corrected chi connectivity index (χ2v) is 7.97. The van der Waals surface area contributed by atoms with Gasteiger partial charge in [0.2, 0.25) is 0 Å². The van der Waals surface area contributed by atoms with Crippen LogP contribution in [0.5, 0.6) is 11.5 Å². The molecule has 0 spiro atoms. The molecule has 2 aromatic carbocycles. The number of ether oxygens (including phenoxy) is 2. The Hall–Kier alpha value is -2.38. The molecule has 0 aliphatic rings. The maximum absolute atomic E-state index is 12.5. The van der Waals surface area contributed by atoms with Crippen molar-refractivity contribution in [2.45, 2.75) is 20.3 Å². The Morgan fingerprint density at radius 2 is 1.93 bits per heavy atom. The Balaban J connectivity index is 1.89. The molecule has 0 saturated heterocycles. The number of rotatable bonds is 9. The standard InChI is InChI=1S/C22H25BrN2O3S/c1-4-12-27-18-8-6-17(7-9-18)24-22(29)25-21(26)16-5-10-20(19(23)14-16)28-13-11-15(2)3/h4-10,14-15H,1,11-13H2,2-3H3,(H2,24,25,26,29). The summed E-state index contributed by atoms with van der Waals surface area (Å²) in [4.78, 5) is 12.5. The molecule has 154 valence electrons. The van der Waals surface area contributed by atoms with E-state index in [9.17, 15) is 4.79 Å². The van der Waals surface area contributed by atoms with Gasteiger partial charge in [0.1, 0.15) is 18.1 Å². The Kier molecular flexibility index (Phi) is 9.15. The summed E-state index contributed by atoms with van der Waals surface area (Å²) in [5.41, 5.74) is 1.22. The first-order valence-corrected chi connectivity index (χ1v) is 10.5. The summed E-state index contributed by atoms with van der Waals surface area (Å²) < 4.78 is 11.9. The molecular weight excluding hydrogens is 452 g/mol. The number of hydrogen-bond donors (Lipinski definition) is 2. The molecule has 1 amide bonds. The van der Waals surface area contributed by atoms with Crippen LogP contribution in [0.25, 0.3) is 0 Å². The van der Waals surface area contributed by atoms with Crippen LogP contribution in [0.3, 0.4) is 0 Å². The van der Waals surface area contributed by atoms with Crippen LogP contribution in [0.1, 0.15) is 30.6 Å². The van der Waals surface area contributed by atoms with Gasteiger partial charge in [-0.1, -0.05) is 26.5 Å². The summed E-state index contributed by atoms with van der Waals surface area (Å²) in [6, 6.07) is 12.5. The molecule has 0 atom stereocenters. The smallest absolute Gasteiger partial charge is 0.257 e. The molecular formula is C22H25BrN2O3S. The molecule has 7 heteroatoms. The van der Waals surface area contributed by atoms with E-state index in [1.807, 2.05) is 24.3 Å². The first-order valence-electron chi connectivity index (χ1n) is 9.27. The molecule has 2 rings (SSSR count). The van der Waals surface area contributed by atoms with Crippen LogP contribution in [0.15, 0.2) is 59.6 Å². The van der Waals surface area contributed by atoms with Crippen molar-refractivity contribution < 1.29 is 14.3 Å². The summed E-state index contributed by atoms with van der Waals surface area (Å²) in [7, 11) is 0. The first-order chi connectivity index (χ1) is 13.9. The van der Waals surface area contributed by atoms with Gasteiger partial charge in [0.15, 0.2) is 5.11 Å². The number of thiocarbonyl (C=S) groups is 1. The summed E-state index contributed by atoms with van der Waals surface area (Å²) in [5, 5.41) is 5.86. The van der Waals surface area contributed by atoms with Crippen LogP contribution < -0.4 is 20.1 Å². The predicted octanol–water partition coefficient (Wildman–Crippen LogP) is 5.57. The lowest BCUT2D eigenvalue weighted by molar-refractivity contribution is 0.0977. The highest BCUT2D eigenvalue weighted by molar-refractivity contribution is 9.10. The molecule has 29 heavy (non-hydrogen) atoms. The van der Waals surface area contributed by atoms with Crippen molar-refractivity contribution in [1.82, 2.24) is 5.32 Å². The van der Waals surface area contributed by atoms with Crippen LogP contribution in [0, 0.1) is 5.92 Å². The minimum absolute atomic E-state index is 0.211. The van der Waals surface area contributed by atoms with Crippen molar-refractivity contribution in [3.63, 3.8) is 0 Å². The number of anilines is 1. The second-order valence-electron chi connectivity index (χ2n) is 6.71. The van der Waals surface area contributed by atoms with Crippen molar-refractivity contribution in [2.75, 3.05) is 18.5 Å². The van der Waals surface area contributed by atoms with Gasteiger partial charge in [-0.05, 0) is 83.0 Å². The highest BCUT2D eigenvalue weighted by Crippen LogP contribution is 2.26. The van der Waals surface area contributed by atoms with Crippen molar-refractivity contribution in [2.24, 2.45) is 5.92 Å². The fourth-order valence-electron chi connectivity index (χ4n) is 2.29. The highest BCUT2D eigenvalue weighted by Gasteiger charge is 2.11. The number of carbonyl (C=O) groups is 1. The van der Waals surface area contributed by atoms with E-state index in [1.165, 1.54) is 0 Å². The molecule has 5 nitrogen and oxygen atoms in total. The van der Waals surface area contributed by atoms with Crippen LogP contribution in [0.4, 0.5) is 5.69 Å². The van der Waals surface area contributed by atoms with E-state index in [1.54, 1.807) is 24.3 Å². The van der Waals surface area contributed by atoms with Crippen LogP contribution in [-0.4, -0.2) is 24.2 Å². The summed E-state index contributed by atoms with van der Waals surface area (Å²) in [5.74, 6) is 1.71. The summed E-state index contributed by atoms with van der Waals surface area (Å²) >= 11 is 8.69. The second kappa shape index (κ2) is 11.6. The minimum atomic E-state index is -0.303. The average Bonchev–Trinajstić information content (AvgIpc) is 2.68. The molecule has 0 fully saturated rings. The Morgan fingerprint density at radius 1 is 1.21 bits per heavy atom. The zero-order valence-electron chi connectivity index (χ0n) is 16.5. The fourth-order valence-corrected chi connectivity index (χ4v) is 2.99. The van der Waals surface area contributed by atoms with E-state index in [4.69, 9.17) is 21.7 Å². The van der Waals surface area contributed by atoms with E-state index < -0.39 is 0 Å². The Labute approximate surface area is 185 Å². The zero-order chi connectivity index (χ0) is 21.2. The van der Waals surface area contributed by atoms with Gasteiger partial charge in [-0.25, -0.2) is 0 Å². The van der Waals surface area contributed by atoms with E-state index in [2.05, 4.69) is 47.0 Å². The lowest BCUT2D eigenvalue weighted by atomic mass is 10.1. The van der Waals surface area contributed by atoms with E-state index in [0.717, 1.165) is 22.3 Å². The fraction of sp³-hybridized carbons (Fsp3) is 0.273. The molecule has 0 radical (unpaired) electrons. The van der Waals surface area contributed by atoms with Gasteiger partial charge in [-0.2, -0.15) is 0 Å². The van der Waals surface area contributed by atoms with E-state index >= 15 is 0 Å². The average molecular weight is 477 g/mol. The number of hydrogen-bond acceptors (Lipinski definition) is 4. The van der Waals surface area contributed by atoms with Crippen LogP contribution >= 0.6 is 28.1 Å². The van der Waals surface area contributed by atoms with Crippen LogP contribution in [0.2, 0.25) is 0 Å². The molecule has 0 bridgehead atoms. The van der Waals surface area contributed by atoms with Crippen LogP contribution in [-0.2, 0) is 0 Å². The molecule has 0 saturated carbocycles. The quantitative estimate of drug-likeness (QED) is 0.366. The topological polar surface area (TPSA) is 59.6 Å². The van der Waals surface area contributed by atoms with Gasteiger partial charge in [0.25, 0.3) is 5.91 Å². The molecule has 0 heterocycles. The normalized spacial score (nSPS) is 10.3. The number of benzene rings is 2. The summed E-state index contributed by atoms with van der Waals surface area (Å²) in [6.07, 6.45) is 2.65. The molecule has 0 aliphatic heterocycles. The predicted molar refractivity (Wildman–Crippen MR) is 125 cm³/mol. The van der Waals surface area contributed by atoms with Crippen molar-refractivity contribution >= 4 is 44.9 Å². The maximum atomic E-state index is 12.5. The van der Waals surface area contributed by atoms with E-state index in [0.29, 0.717) is 30.4 Å². The van der Waals surface area contributed by atoms with E-state index in [-0.39, 0.29) is 11.0 Å². The largest absolute Gasteiger partial charge is 0.492 e. The first kappa shape index (κ1) is 22.9. The van der Waals surface area contributed by atoms with Gasteiger partial charge in [0.05, 0.1) is 11.1 Å². The zero-order valence-corrected chi connectivity index (χ0v) is 18.9. The van der Waals surface area contributed by atoms with Crippen molar-refractivity contribution in [1.29, 1.82) is 0 Å². The molecule has 0 unspecified atom stereocenters. The van der Waals surface area contributed by atoms with Gasteiger partial charge in [-0.3, -0.25) is 10.1 Å². The lowest BCUT2D eigenvalue weighted by Gasteiger charge is -2.12. The van der Waals surface area contributed by atoms with Gasteiger partial charge in [0, 0.05) is 11.3 Å². The number of halogens is 1. The molecule has 0 aromatic heterocycles. The Bertz CT molecular complexity index is 854. The van der Waals surface area contributed by atoms with Crippen molar-refractivity contribution in [3.8, 4) is 11.5 Å². The SMILES string of the molecule is C=CCOc1ccc(NC(=S)NC(=O)c2ccc(OCCC(C)C)c(Br)c2)cc1. The minimum Gasteiger partial charge on any atom is -0.492 e. The summed E-state index contributed by atoms with van der Waals surface area (Å²) in [6.45, 7) is 8.98. The van der Waals surface area contributed by atoms with Gasteiger partial charge >= 0.3 is 0 Å². The third-order valence-electron chi connectivity index (χ3n) is 3.85. The number of carbonyl (C=O) groups excluding carboxylic acids is 1. The van der Waals surface area contributed by atoms with Crippen molar-refractivity contribution in [3.05, 3.63) is 65.2 Å². The third kappa shape index (κ3) is 7.87. The number of amides is 1. The van der Waals surface area contributed by atoms with Gasteiger partial charge < -0.3 is 14.8 Å². The molecule has 2 N–H and O–H groups in total. The highest BCUT2D eigenvalue weighted by atomic mass is 79.9. The molecule has 2 aromatic rings. The number of nitrogens with one attached hydrogen (secondary N) is 2. The lowest BCUT2D eigenvalue weighted by Crippen LogP contribution is -2.34. The monoisotopic (exact) mass is 476 g/mol. The van der Waals surface area contributed by atoms with Gasteiger partial charge in [-0.15, -0.1) is 0 Å². The Morgan fingerprint density at radius 3 is 2.55 bits per heavy atom.